The van der Waals surface area contributed by atoms with E-state index in [1.165, 1.54) is 0 Å². The Balaban J connectivity index is 2.48. The van der Waals surface area contributed by atoms with Gasteiger partial charge in [-0.25, -0.2) is 13.6 Å². The Hall–Kier alpha value is -1.33. The van der Waals surface area contributed by atoms with E-state index >= 15 is 0 Å². The highest BCUT2D eigenvalue weighted by atomic mass is 32.2. The molecule has 0 fully saturated rings. The van der Waals surface area contributed by atoms with E-state index in [2.05, 4.69) is 0 Å². The van der Waals surface area contributed by atoms with Gasteiger partial charge in [-0.05, 0) is 30.0 Å². The van der Waals surface area contributed by atoms with Crippen LogP contribution in [0.3, 0.4) is 0 Å². The lowest BCUT2D eigenvalue weighted by atomic mass is 10.1. The molecular formula is C13H19NO3S. The molecule has 18 heavy (non-hydrogen) atoms. The molecule has 5 heteroatoms. The van der Waals surface area contributed by atoms with Gasteiger partial charge >= 0.3 is 0 Å². The van der Waals surface area contributed by atoms with Crippen LogP contribution < -0.4 is 9.88 Å². The summed E-state index contributed by atoms with van der Waals surface area (Å²) in [6.45, 7) is 1.83. The fourth-order valence-corrected chi connectivity index (χ4v) is 2.46. The van der Waals surface area contributed by atoms with Crippen LogP contribution in [0.5, 0.6) is 5.75 Å². The van der Waals surface area contributed by atoms with Crippen molar-refractivity contribution in [1.82, 2.24) is 0 Å². The van der Waals surface area contributed by atoms with Crippen LogP contribution in [0.2, 0.25) is 0 Å². The molecule has 0 radical (unpaired) electrons. The SMILES string of the molecule is COc1ccc(CC=CC(C)CS(N)(=O)=O)cc1. The largest absolute Gasteiger partial charge is 0.497 e. The summed E-state index contributed by atoms with van der Waals surface area (Å²) in [6, 6.07) is 7.76. The Morgan fingerprint density at radius 1 is 1.33 bits per heavy atom. The summed E-state index contributed by atoms with van der Waals surface area (Å²) in [4.78, 5) is 0. The van der Waals surface area contributed by atoms with Crippen molar-refractivity contribution in [3.05, 3.63) is 42.0 Å². The highest BCUT2D eigenvalue weighted by Gasteiger charge is 2.07. The van der Waals surface area contributed by atoms with Gasteiger partial charge in [0.1, 0.15) is 5.75 Å². The van der Waals surface area contributed by atoms with Crippen LogP contribution in [0.4, 0.5) is 0 Å². The van der Waals surface area contributed by atoms with Crippen molar-refractivity contribution >= 4 is 10.0 Å². The zero-order chi connectivity index (χ0) is 13.6. The van der Waals surface area contributed by atoms with Gasteiger partial charge in [-0.1, -0.05) is 31.2 Å². The molecule has 2 N–H and O–H groups in total. The lowest BCUT2D eigenvalue weighted by molar-refractivity contribution is 0.414. The molecule has 0 spiro atoms. The second-order valence-corrected chi connectivity index (χ2v) is 5.95. The third-order valence-electron chi connectivity index (χ3n) is 2.47. The van der Waals surface area contributed by atoms with Crippen molar-refractivity contribution in [3.63, 3.8) is 0 Å². The van der Waals surface area contributed by atoms with E-state index in [4.69, 9.17) is 9.88 Å². The van der Waals surface area contributed by atoms with E-state index in [1.807, 2.05) is 43.3 Å². The van der Waals surface area contributed by atoms with Crippen LogP contribution in [0.15, 0.2) is 36.4 Å². The lowest BCUT2D eigenvalue weighted by Crippen LogP contribution is -2.20. The first kappa shape index (κ1) is 14.7. The van der Waals surface area contributed by atoms with Crippen molar-refractivity contribution in [2.45, 2.75) is 13.3 Å². The number of hydrogen-bond donors (Lipinski definition) is 1. The molecule has 100 valence electrons. The van der Waals surface area contributed by atoms with Gasteiger partial charge in [-0.15, -0.1) is 0 Å². The number of nitrogens with two attached hydrogens (primary N) is 1. The van der Waals surface area contributed by atoms with Crippen LogP contribution >= 0.6 is 0 Å². The van der Waals surface area contributed by atoms with Crippen molar-refractivity contribution in [2.24, 2.45) is 11.1 Å². The van der Waals surface area contributed by atoms with Crippen LogP contribution in [-0.4, -0.2) is 21.3 Å². The van der Waals surface area contributed by atoms with E-state index < -0.39 is 10.0 Å². The quantitative estimate of drug-likeness (QED) is 0.799. The van der Waals surface area contributed by atoms with Crippen molar-refractivity contribution < 1.29 is 13.2 Å². The van der Waals surface area contributed by atoms with Gasteiger partial charge in [-0.3, -0.25) is 0 Å². The minimum Gasteiger partial charge on any atom is -0.497 e. The molecule has 0 aromatic heterocycles. The van der Waals surface area contributed by atoms with E-state index in [9.17, 15) is 8.42 Å². The average Bonchev–Trinajstić information content (AvgIpc) is 2.27. The molecular weight excluding hydrogens is 250 g/mol. The molecule has 1 aromatic rings. The summed E-state index contributed by atoms with van der Waals surface area (Å²) in [7, 11) is -1.77. The Labute approximate surface area is 109 Å². The second kappa shape index (κ2) is 6.56. The van der Waals surface area contributed by atoms with E-state index in [0.29, 0.717) is 0 Å². The number of primary sulfonamides is 1. The summed E-state index contributed by atoms with van der Waals surface area (Å²) < 4.78 is 26.8. The first-order valence-electron chi connectivity index (χ1n) is 5.71. The van der Waals surface area contributed by atoms with Gasteiger partial charge in [0.25, 0.3) is 0 Å². The van der Waals surface area contributed by atoms with Gasteiger partial charge in [0, 0.05) is 0 Å². The number of hydrogen-bond acceptors (Lipinski definition) is 3. The number of allylic oxidation sites excluding steroid dienone is 2. The van der Waals surface area contributed by atoms with Crippen LogP contribution in [-0.2, 0) is 16.4 Å². The maximum absolute atomic E-state index is 10.9. The molecule has 0 amide bonds. The Morgan fingerprint density at radius 3 is 2.44 bits per heavy atom. The topological polar surface area (TPSA) is 69.4 Å². The lowest BCUT2D eigenvalue weighted by Gasteiger charge is -2.04. The molecule has 0 aliphatic carbocycles. The minimum absolute atomic E-state index is 0.0217. The first-order valence-corrected chi connectivity index (χ1v) is 7.42. The zero-order valence-corrected chi connectivity index (χ0v) is 11.5. The molecule has 0 bridgehead atoms. The fraction of sp³-hybridized carbons (Fsp3) is 0.385. The van der Waals surface area contributed by atoms with Crippen molar-refractivity contribution in [3.8, 4) is 5.75 Å². The smallest absolute Gasteiger partial charge is 0.209 e. The molecule has 0 aliphatic heterocycles. The molecule has 1 unspecified atom stereocenters. The van der Waals surface area contributed by atoms with Gasteiger partial charge in [0.15, 0.2) is 0 Å². The van der Waals surface area contributed by atoms with Crippen LogP contribution in [0, 0.1) is 5.92 Å². The first-order chi connectivity index (χ1) is 8.40. The predicted octanol–water partition coefficient (Wildman–Crippen LogP) is 1.72. The highest BCUT2D eigenvalue weighted by Crippen LogP contribution is 2.12. The highest BCUT2D eigenvalue weighted by molar-refractivity contribution is 7.89. The maximum Gasteiger partial charge on any atom is 0.209 e. The molecule has 0 heterocycles. The third kappa shape index (κ3) is 5.84. The zero-order valence-electron chi connectivity index (χ0n) is 10.7. The second-order valence-electron chi connectivity index (χ2n) is 4.29. The number of ether oxygens (including phenoxy) is 1. The number of methoxy groups -OCH3 is 1. The van der Waals surface area contributed by atoms with Gasteiger partial charge in [0.05, 0.1) is 12.9 Å². The summed E-state index contributed by atoms with van der Waals surface area (Å²) >= 11 is 0. The molecule has 1 rings (SSSR count). The van der Waals surface area contributed by atoms with Crippen molar-refractivity contribution in [2.75, 3.05) is 12.9 Å². The predicted molar refractivity (Wildman–Crippen MR) is 73.0 cm³/mol. The van der Waals surface area contributed by atoms with E-state index in [1.54, 1.807) is 7.11 Å². The normalized spacial score (nSPS) is 13.7. The summed E-state index contributed by atoms with van der Waals surface area (Å²) in [6.07, 6.45) is 4.59. The molecule has 0 saturated heterocycles. The Morgan fingerprint density at radius 2 is 1.94 bits per heavy atom. The van der Waals surface area contributed by atoms with Crippen LogP contribution in [0.25, 0.3) is 0 Å². The summed E-state index contributed by atoms with van der Waals surface area (Å²) in [5.41, 5.74) is 1.15. The van der Waals surface area contributed by atoms with Crippen LogP contribution in [0.1, 0.15) is 12.5 Å². The standard InChI is InChI=1S/C13H19NO3S/c1-11(10-18(14,15)16)4-3-5-12-6-8-13(17-2)9-7-12/h3-4,6-9,11H,5,10H2,1-2H3,(H2,14,15,16). The Bertz CT molecular complexity index is 491. The summed E-state index contributed by atoms with van der Waals surface area (Å²) in [5, 5.41) is 4.98. The maximum atomic E-state index is 10.9. The minimum atomic E-state index is -3.40. The van der Waals surface area contributed by atoms with Gasteiger partial charge in [0.2, 0.25) is 10.0 Å². The Kier molecular flexibility index (Phi) is 5.37. The van der Waals surface area contributed by atoms with Gasteiger partial charge in [-0.2, -0.15) is 0 Å². The van der Waals surface area contributed by atoms with E-state index in [0.717, 1.165) is 17.7 Å². The van der Waals surface area contributed by atoms with E-state index in [-0.39, 0.29) is 11.7 Å². The third-order valence-corrected chi connectivity index (χ3v) is 3.46. The number of rotatable bonds is 6. The molecule has 0 aliphatic rings. The number of benzene rings is 1. The average molecular weight is 269 g/mol. The summed E-state index contributed by atoms with van der Waals surface area (Å²) in [5.74, 6) is 0.732. The fourth-order valence-electron chi connectivity index (χ4n) is 1.62. The molecule has 1 aromatic carbocycles. The number of sulfonamides is 1. The monoisotopic (exact) mass is 269 g/mol. The van der Waals surface area contributed by atoms with Crippen molar-refractivity contribution in [1.29, 1.82) is 0 Å². The molecule has 0 saturated carbocycles. The van der Waals surface area contributed by atoms with Gasteiger partial charge < -0.3 is 4.74 Å². The molecule has 4 nitrogen and oxygen atoms in total. The molecule has 1 atom stereocenters.